The molecule has 0 aromatic carbocycles. The third-order valence-electron chi connectivity index (χ3n) is 3.98. The van der Waals surface area contributed by atoms with Gasteiger partial charge < -0.3 is 5.73 Å². The Labute approximate surface area is 121 Å². The van der Waals surface area contributed by atoms with Crippen LogP contribution in [0.25, 0.3) is 0 Å². The summed E-state index contributed by atoms with van der Waals surface area (Å²) in [5.41, 5.74) is 5.59. The van der Waals surface area contributed by atoms with E-state index in [1.165, 1.54) is 0 Å². The number of rotatable bonds is 5. The van der Waals surface area contributed by atoms with Gasteiger partial charge in [-0.05, 0) is 25.7 Å². The molecule has 2 N–H and O–H groups in total. The van der Waals surface area contributed by atoms with Gasteiger partial charge in [0.2, 0.25) is 0 Å². The minimum atomic E-state index is -3.40. The number of nitrogens with two attached hydrogens (primary N) is 1. The van der Waals surface area contributed by atoms with E-state index in [9.17, 15) is 8.42 Å². The summed E-state index contributed by atoms with van der Waals surface area (Å²) in [6.07, 6.45) is 7.05. The second-order valence-electron chi connectivity index (χ2n) is 5.42. The molecule has 0 amide bonds. The van der Waals surface area contributed by atoms with Crippen LogP contribution in [0.2, 0.25) is 0 Å². The minimum Gasteiger partial charge on any atom is -0.392 e. The summed E-state index contributed by atoms with van der Waals surface area (Å²) in [6.45, 7) is 1.44. The number of thiocarbonyl (C=S) groups is 1. The van der Waals surface area contributed by atoms with Crippen molar-refractivity contribution in [1.82, 2.24) is 8.61 Å². The highest BCUT2D eigenvalue weighted by molar-refractivity contribution is 7.87. The quantitative estimate of drug-likeness (QED) is 0.776. The molecule has 2 fully saturated rings. The van der Waals surface area contributed by atoms with Gasteiger partial charge in [0.25, 0.3) is 10.2 Å². The third-order valence-corrected chi connectivity index (χ3v) is 6.15. The maximum absolute atomic E-state index is 12.7. The second-order valence-corrected chi connectivity index (χ2v) is 7.82. The molecule has 1 saturated carbocycles. The molecule has 1 aliphatic heterocycles. The highest BCUT2D eigenvalue weighted by Crippen LogP contribution is 2.27. The Bertz CT molecular complexity index is 413. The largest absolute Gasteiger partial charge is 0.392 e. The van der Waals surface area contributed by atoms with E-state index in [-0.39, 0.29) is 17.6 Å². The Morgan fingerprint density at radius 2 is 1.74 bits per heavy atom. The second kappa shape index (κ2) is 6.47. The first-order valence-corrected chi connectivity index (χ1v) is 8.87. The molecular formula is C12H23N3O2S2. The zero-order valence-electron chi connectivity index (χ0n) is 11.3. The Morgan fingerprint density at radius 1 is 1.16 bits per heavy atom. The minimum absolute atomic E-state index is 0.0772. The lowest BCUT2D eigenvalue weighted by atomic mass is 10.2. The zero-order chi connectivity index (χ0) is 13.9. The Balaban J connectivity index is 2.17. The van der Waals surface area contributed by atoms with E-state index in [1.54, 1.807) is 8.61 Å². The van der Waals surface area contributed by atoms with Crippen molar-refractivity contribution in [3.8, 4) is 0 Å². The van der Waals surface area contributed by atoms with Crippen molar-refractivity contribution in [3.05, 3.63) is 0 Å². The monoisotopic (exact) mass is 305 g/mol. The molecule has 110 valence electrons. The fourth-order valence-electron chi connectivity index (χ4n) is 2.99. The molecule has 0 aromatic rings. The molecule has 1 saturated heterocycles. The highest BCUT2D eigenvalue weighted by atomic mass is 32.2. The van der Waals surface area contributed by atoms with Crippen LogP contribution in [0.15, 0.2) is 0 Å². The maximum Gasteiger partial charge on any atom is 0.282 e. The molecule has 0 unspecified atom stereocenters. The summed E-state index contributed by atoms with van der Waals surface area (Å²) in [7, 11) is -3.40. The summed E-state index contributed by atoms with van der Waals surface area (Å²) < 4.78 is 28.6. The standard InChI is InChI=1S/C12H23N3O2S2/c13-12(18)10-15(11-6-2-3-7-11)19(16,17)14-8-4-1-5-9-14/h11H,1-10H2,(H2,13,18). The average molecular weight is 305 g/mol. The predicted molar refractivity (Wildman–Crippen MR) is 80.1 cm³/mol. The van der Waals surface area contributed by atoms with Gasteiger partial charge in [0.05, 0.1) is 11.5 Å². The van der Waals surface area contributed by atoms with Crippen LogP contribution < -0.4 is 5.73 Å². The van der Waals surface area contributed by atoms with Crippen LogP contribution >= 0.6 is 12.2 Å². The van der Waals surface area contributed by atoms with Crippen molar-refractivity contribution in [2.75, 3.05) is 19.6 Å². The van der Waals surface area contributed by atoms with Gasteiger partial charge in [0, 0.05) is 19.1 Å². The van der Waals surface area contributed by atoms with Gasteiger partial charge in [-0.15, -0.1) is 0 Å². The van der Waals surface area contributed by atoms with Crippen LogP contribution in [0.3, 0.4) is 0 Å². The summed E-state index contributed by atoms with van der Waals surface area (Å²) in [5, 5.41) is 0. The summed E-state index contributed by atoms with van der Waals surface area (Å²) >= 11 is 4.93. The summed E-state index contributed by atoms with van der Waals surface area (Å²) in [6, 6.07) is 0.0772. The van der Waals surface area contributed by atoms with Crippen molar-refractivity contribution in [2.24, 2.45) is 5.73 Å². The fourth-order valence-corrected chi connectivity index (χ4v) is 5.12. The van der Waals surface area contributed by atoms with Crippen molar-refractivity contribution < 1.29 is 8.42 Å². The molecule has 2 rings (SSSR count). The lowest BCUT2D eigenvalue weighted by molar-refractivity contribution is 0.283. The van der Waals surface area contributed by atoms with E-state index in [0.717, 1.165) is 44.9 Å². The normalized spacial score (nSPS) is 23.0. The van der Waals surface area contributed by atoms with Crippen LogP contribution in [-0.2, 0) is 10.2 Å². The van der Waals surface area contributed by atoms with Crippen LogP contribution in [0.4, 0.5) is 0 Å². The molecule has 1 aliphatic carbocycles. The van der Waals surface area contributed by atoms with Crippen molar-refractivity contribution in [1.29, 1.82) is 0 Å². The molecule has 0 aromatic heterocycles. The molecule has 7 heteroatoms. The predicted octanol–water partition coefficient (Wildman–Crippen LogP) is 1.25. The van der Waals surface area contributed by atoms with E-state index in [1.807, 2.05) is 0 Å². The first-order chi connectivity index (χ1) is 9.01. The van der Waals surface area contributed by atoms with E-state index in [0.29, 0.717) is 13.1 Å². The van der Waals surface area contributed by atoms with Gasteiger partial charge >= 0.3 is 0 Å². The molecule has 5 nitrogen and oxygen atoms in total. The van der Waals surface area contributed by atoms with Crippen LogP contribution in [-0.4, -0.2) is 47.7 Å². The Hall–Kier alpha value is -0.240. The lowest BCUT2D eigenvalue weighted by Gasteiger charge is -2.35. The van der Waals surface area contributed by atoms with E-state index in [4.69, 9.17) is 18.0 Å². The van der Waals surface area contributed by atoms with E-state index >= 15 is 0 Å². The topological polar surface area (TPSA) is 66.6 Å². The summed E-state index contributed by atoms with van der Waals surface area (Å²) in [4.78, 5) is 0.257. The van der Waals surface area contributed by atoms with Gasteiger partial charge in [-0.2, -0.15) is 17.0 Å². The number of hydrogen-bond acceptors (Lipinski definition) is 3. The Kier molecular flexibility index (Phi) is 5.16. The first-order valence-electron chi connectivity index (χ1n) is 7.07. The molecule has 0 radical (unpaired) electrons. The molecule has 0 spiro atoms. The van der Waals surface area contributed by atoms with E-state index < -0.39 is 10.2 Å². The van der Waals surface area contributed by atoms with Crippen molar-refractivity contribution >= 4 is 27.4 Å². The summed E-state index contributed by atoms with van der Waals surface area (Å²) in [5.74, 6) is 0. The first kappa shape index (κ1) is 15.2. The van der Waals surface area contributed by atoms with Gasteiger partial charge in [0.15, 0.2) is 0 Å². The van der Waals surface area contributed by atoms with Gasteiger partial charge in [-0.1, -0.05) is 31.5 Å². The zero-order valence-corrected chi connectivity index (χ0v) is 12.9. The van der Waals surface area contributed by atoms with Crippen LogP contribution in [0, 0.1) is 0 Å². The highest BCUT2D eigenvalue weighted by Gasteiger charge is 2.36. The molecule has 0 bridgehead atoms. The van der Waals surface area contributed by atoms with Gasteiger partial charge in [-0.25, -0.2) is 0 Å². The molecule has 2 aliphatic rings. The van der Waals surface area contributed by atoms with E-state index in [2.05, 4.69) is 0 Å². The number of piperidine rings is 1. The molecular weight excluding hydrogens is 282 g/mol. The Morgan fingerprint density at radius 3 is 2.26 bits per heavy atom. The fraction of sp³-hybridized carbons (Fsp3) is 0.917. The third kappa shape index (κ3) is 3.65. The lowest BCUT2D eigenvalue weighted by Crippen LogP contribution is -2.51. The van der Waals surface area contributed by atoms with Crippen LogP contribution in [0.5, 0.6) is 0 Å². The smallest absolute Gasteiger partial charge is 0.282 e. The number of hydrogen-bond donors (Lipinski definition) is 1. The average Bonchev–Trinajstić information content (AvgIpc) is 2.90. The number of nitrogens with zero attached hydrogens (tertiary/aromatic N) is 2. The molecule has 1 heterocycles. The van der Waals surface area contributed by atoms with Crippen molar-refractivity contribution in [3.63, 3.8) is 0 Å². The van der Waals surface area contributed by atoms with Crippen molar-refractivity contribution in [2.45, 2.75) is 51.0 Å². The maximum atomic E-state index is 12.7. The van der Waals surface area contributed by atoms with Gasteiger partial charge in [-0.3, -0.25) is 0 Å². The van der Waals surface area contributed by atoms with Gasteiger partial charge in [0.1, 0.15) is 0 Å². The molecule has 19 heavy (non-hydrogen) atoms. The van der Waals surface area contributed by atoms with Crippen LogP contribution in [0.1, 0.15) is 44.9 Å². The molecule has 0 atom stereocenters. The SMILES string of the molecule is NC(=S)CN(C1CCCC1)S(=O)(=O)N1CCCCC1.